The van der Waals surface area contributed by atoms with E-state index >= 15 is 0 Å². The van der Waals surface area contributed by atoms with Crippen LogP contribution in [0.1, 0.15) is 18.1 Å². The van der Waals surface area contributed by atoms with E-state index in [1.165, 1.54) is 11.6 Å². The molecule has 2 rings (SSSR count). The van der Waals surface area contributed by atoms with Crippen LogP contribution in [0.4, 0.5) is 15.8 Å². The topological polar surface area (TPSA) is 27.0 Å². The Hall–Kier alpha value is -2.34. The lowest BCUT2D eigenvalue weighted by Gasteiger charge is -2.21. The molecule has 0 spiro atoms. The summed E-state index contributed by atoms with van der Waals surface area (Å²) in [6.07, 6.45) is 0.980. The van der Waals surface area contributed by atoms with E-state index in [4.69, 9.17) is 5.26 Å². The summed E-state index contributed by atoms with van der Waals surface area (Å²) in [4.78, 5) is 1.82. The Morgan fingerprint density at radius 3 is 2.42 bits per heavy atom. The second-order valence-corrected chi connectivity index (χ2v) is 4.32. The highest BCUT2D eigenvalue weighted by Crippen LogP contribution is 2.28. The molecule has 0 aliphatic carbocycles. The van der Waals surface area contributed by atoms with Crippen molar-refractivity contribution in [1.29, 1.82) is 5.26 Å². The lowest BCUT2D eigenvalue weighted by molar-refractivity contribution is 0.624. The van der Waals surface area contributed by atoms with E-state index in [2.05, 4.69) is 6.92 Å². The Bertz CT molecular complexity index is 612. The largest absolute Gasteiger partial charge is 0.343 e. The van der Waals surface area contributed by atoms with E-state index in [0.717, 1.165) is 12.1 Å². The van der Waals surface area contributed by atoms with E-state index in [0.29, 0.717) is 5.69 Å². The van der Waals surface area contributed by atoms with Gasteiger partial charge in [0.05, 0.1) is 5.69 Å². The average Bonchev–Trinajstić information content (AvgIpc) is 2.46. The third-order valence-corrected chi connectivity index (χ3v) is 3.20. The van der Waals surface area contributed by atoms with Crippen molar-refractivity contribution >= 4 is 11.4 Å². The second kappa shape index (κ2) is 5.53. The van der Waals surface area contributed by atoms with Crippen LogP contribution in [0.2, 0.25) is 0 Å². The molecule has 0 aromatic heterocycles. The van der Waals surface area contributed by atoms with Gasteiger partial charge in [0, 0.05) is 12.7 Å². The molecule has 19 heavy (non-hydrogen) atoms. The Kier molecular flexibility index (Phi) is 3.82. The number of nitrogens with zero attached hydrogens (tertiary/aromatic N) is 2. The van der Waals surface area contributed by atoms with Gasteiger partial charge in [-0.15, -0.1) is 0 Å². The molecule has 0 atom stereocenters. The molecule has 0 N–H and O–H groups in total. The van der Waals surface area contributed by atoms with Crippen LogP contribution in [0.3, 0.4) is 0 Å². The van der Waals surface area contributed by atoms with Crippen molar-refractivity contribution in [3.63, 3.8) is 0 Å². The Balaban J connectivity index is 2.41. The summed E-state index contributed by atoms with van der Waals surface area (Å²) in [6.45, 7) is 2.10. The quantitative estimate of drug-likeness (QED) is 0.827. The van der Waals surface area contributed by atoms with Crippen LogP contribution in [-0.4, -0.2) is 7.05 Å². The number of aryl methyl sites for hydroxylation is 1. The fourth-order valence-electron chi connectivity index (χ4n) is 2.00. The van der Waals surface area contributed by atoms with Gasteiger partial charge < -0.3 is 4.90 Å². The van der Waals surface area contributed by atoms with Crippen LogP contribution in [0.25, 0.3) is 0 Å². The number of benzene rings is 2. The lowest BCUT2D eigenvalue weighted by atomic mass is 10.1. The fraction of sp³-hybridized carbons (Fsp3) is 0.188. The van der Waals surface area contributed by atoms with E-state index in [-0.39, 0.29) is 5.56 Å². The first kappa shape index (κ1) is 13.1. The number of hydrogen-bond acceptors (Lipinski definition) is 2. The van der Waals surface area contributed by atoms with Gasteiger partial charge in [0.1, 0.15) is 17.4 Å². The summed E-state index contributed by atoms with van der Waals surface area (Å²) in [7, 11) is 1.83. The van der Waals surface area contributed by atoms with Crippen LogP contribution < -0.4 is 4.90 Å². The summed E-state index contributed by atoms with van der Waals surface area (Å²) in [5, 5.41) is 9.06. The molecular formula is C16H15FN2. The van der Waals surface area contributed by atoms with Crippen LogP contribution in [-0.2, 0) is 6.42 Å². The minimum Gasteiger partial charge on any atom is -0.343 e. The van der Waals surface area contributed by atoms with Gasteiger partial charge in [-0.05, 0) is 36.2 Å². The number of anilines is 2. The van der Waals surface area contributed by atoms with Gasteiger partial charge in [-0.3, -0.25) is 0 Å². The lowest BCUT2D eigenvalue weighted by Crippen LogP contribution is -2.11. The van der Waals surface area contributed by atoms with Crippen LogP contribution >= 0.6 is 0 Å². The summed E-state index contributed by atoms with van der Waals surface area (Å²) < 4.78 is 13.6. The monoisotopic (exact) mass is 254 g/mol. The van der Waals surface area contributed by atoms with Gasteiger partial charge in [0.25, 0.3) is 0 Å². The van der Waals surface area contributed by atoms with Gasteiger partial charge in [0.2, 0.25) is 0 Å². The molecule has 0 aliphatic rings. The Labute approximate surface area is 112 Å². The van der Waals surface area contributed by atoms with Crippen LogP contribution in [0, 0.1) is 17.1 Å². The van der Waals surface area contributed by atoms with Crippen molar-refractivity contribution < 1.29 is 4.39 Å². The van der Waals surface area contributed by atoms with Gasteiger partial charge >= 0.3 is 0 Å². The van der Waals surface area contributed by atoms with Gasteiger partial charge in [-0.25, -0.2) is 4.39 Å². The van der Waals surface area contributed by atoms with E-state index in [1.54, 1.807) is 12.1 Å². The first-order chi connectivity index (χ1) is 9.17. The third-order valence-electron chi connectivity index (χ3n) is 3.20. The molecule has 96 valence electrons. The molecule has 0 saturated heterocycles. The van der Waals surface area contributed by atoms with Gasteiger partial charge in [-0.1, -0.05) is 25.1 Å². The Morgan fingerprint density at radius 2 is 1.84 bits per heavy atom. The highest BCUT2D eigenvalue weighted by molar-refractivity contribution is 5.69. The molecule has 2 aromatic carbocycles. The molecule has 2 aromatic rings. The molecule has 0 radical (unpaired) electrons. The first-order valence-corrected chi connectivity index (χ1v) is 6.18. The van der Waals surface area contributed by atoms with Crippen molar-refractivity contribution in [2.75, 3.05) is 11.9 Å². The zero-order valence-electron chi connectivity index (χ0n) is 11.0. The number of rotatable bonds is 3. The maximum atomic E-state index is 13.6. The van der Waals surface area contributed by atoms with E-state index in [1.807, 2.05) is 42.3 Å². The molecule has 0 heterocycles. The number of halogens is 1. The van der Waals surface area contributed by atoms with E-state index < -0.39 is 5.82 Å². The molecule has 0 amide bonds. The number of hydrogen-bond donors (Lipinski definition) is 0. The predicted octanol–water partition coefficient (Wildman–Crippen LogP) is 4.03. The molecule has 0 fully saturated rings. The van der Waals surface area contributed by atoms with Crippen molar-refractivity contribution in [3.8, 4) is 6.07 Å². The smallest absolute Gasteiger partial charge is 0.143 e. The minimum absolute atomic E-state index is 0.0737. The van der Waals surface area contributed by atoms with E-state index in [9.17, 15) is 4.39 Å². The van der Waals surface area contributed by atoms with Crippen LogP contribution in [0.5, 0.6) is 0 Å². The van der Waals surface area contributed by atoms with Crippen molar-refractivity contribution in [2.24, 2.45) is 0 Å². The summed E-state index contributed by atoms with van der Waals surface area (Å²) in [6, 6.07) is 14.6. The van der Waals surface area contributed by atoms with Crippen molar-refractivity contribution in [2.45, 2.75) is 13.3 Å². The zero-order valence-corrected chi connectivity index (χ0v) is 11.0. The van der Waals surface area contributed by atoms with Gasteiger partial charge in [0.15, 0.2) is 0 Å². The zero-order chi connectivity index (χ0) is 13.8. The SMILES string of the molecule is CCc1ccc(N(C)c2cccc(F)c2C#N)cc1. The molecular weight excluding hydrogens is 239 g/mol. The molecule has 0 aliphatic heterocycles. The fourth-order valence-corrected chi connectivity index (χ4v) is 2.00. The second-order valence-electron chi connectivity index (χ2n) is 4.32. The van der Waals surface area contributed by atoms with Crippen molar-refractivity contribution in [1.82, 2.24) is 0 Å². The molecule has 3 heteroatoms. The average molecular weight is 254 g/mol. The predicted molar refractivity (Wildman–Crippen MR) is 75.0 cm³/mol. The summed E-state index contributed by atoms with van der Waals surface area (Å²) >= 11 is 0. The van der Waals surface area contributed by atoms with Crippen LogP contribution in [0.15, 0.2) is 42.5 Å². The Morgan fingerprint density at radius 1 is 1.16 bits per heavy atom. The van der Waals surface area contributed by atoms with Crippen molar-refractivity contribution in [3.05, 3.63) is 59.4 Å². The van der Waals surface area contributed by atoms with Gasteiger partial charge in [-0.2, -0.15) is 5.26 Å². The highest BCUT2D eigenvalue weighted by atomic mass is 19.1. The summed E-state index contributed by atoms with van der Waals surface area (Å²) in [5.41, 5.74) is 2.83. The molecule has 0 saturated carbocycles. The third kappa shape index (κ3) is 2.58. The standard InChI is InChI=1S/C16H15FN2/c1-3-12-7-9-13(10-8-12)19(2)16-6-4-5-15(17)14(16)11-18/h4-10H,3H2,1-2H3. The highest BCUT2D eigenvalue weighted by Gasteiger charge is 2.12. The molecule has 2 nitrogen and oxygen atoms in total. The first-order valence-electron chi connectivity index (χ1n) is 6.18. The maximum absolute atomic E-state index is 13.6. The molecule has 0 bridgehead atoms. The molecule has 0 unspecified atom stereocenters. The normalized spacial score (nSPS) is 10.0. The maximum Gasteiger partial charge on any atom is 0.143 e. The number of nitriles is 1. The minimum atomic E-state index is -0.489. The summed E-state index contributed by atoms with van der Waals surface area (Å²) in [5.74, 6) is -0.489.